The molecule has 1 aromatic carbocycles. The predicted molar refractivity (Wildman–Crippen MR) is 101 cm³/mol. The average Bonchev–Trinajstić information content (AvgIpc) is 3.25. The van der Waals surface area contributed by atoms with Crippen molar-refractivity contribution in [3.8, 4) is 0 Å². The van der Waals surface area contributed by atoms with Crippen molar-refractivity contribution in [1.82, 2.24) is 19.5 Å². The van der Waals surface area contributed by atoms with Crippen LogP contribution < -0.4 is 5.56 Å². The van der Waals surface area contributed by atoms with Gasteiger partial charge in [0.25, 0.3) is 11.5 Å². The van der Waals surface area contributed by atoms with E-state index in [-0.39, 0.29) is 29.7 Å². The molecule has 1 unspecified atom stereocenters. The first-order chi connectivity index (χ1) is 13.1. The third-order valence-corrected chi connectivity index (χ3v) is 4.94. The fourth-order valence-electron chi connectivity index (χ4n) is 3.36. The Balaban J connectivity index is 1.49. The fraction of sp³-hybridized carbons (Fsp3) is 0.350. The molecule has 140 valence electrons. The lowest BCUT2D eigenvalue weighted by molar-refractivity contribution is 0.0441. The Kier molecular flexibility index (Phi) is 4.53. The zero-order valence-electron chi connectivity index (χ0n) is 15.4. The highest BCUT2D eigenvalue weighted by atomic mass is 16.5. The lowest BCUT2D eigenvalue weighted by Gasteiger charge is -2.23. The zero-order chi connectivity index (χ0) is 19.0. The van der Waals surface area contributed by atoms with Crippen molar-refractivity contribution < 1.29 is 9.53 Å². The minimum absolute atomic E-state index is 0.149. The van der Waals surface area contributed by atoms with Crippen molar-refractivity contribution >= 4 is 11.6 Å². The number of carbonyl (C=O) groups excluding carboxylic acids is 1. The van der Waals surface area contributed by atoms with E-state index in [0.29, 0.717) is 24.4 Å². The molecule has 2 aromatic heterocycles. The minimum atomic E-state index is -0.209. The van der Waals surface area contributed by atoms with Crippen LogP contribution in [0.15, 0.2) is 41.2 Å². The molecule has 27 heavy (non-hydrogen) atoms. The molecule has 7 nitrogen and oxygen atoms in total. The van der Waals surface area contributed by atoms with Crippen LogP contribution >= 0.6 is 0 Å². The third kappa shape index (κ3) is 3.14. The number of carbonyl (C=O) groups is 1. The minimum Gasteiger partial charge on any atom is -0.375 e. The van der Waals surface area contributed by atoms with Crippen molar-refractivity contribution in [2.45, 2.75) is 39.5 Å². The number of ether oxygens (including phenoxy) is 1. The van der Waals surface area contributed by atoms with Gasteiger partial charge in [-0.25, -0.2) is 9.50 Å². The number of aromatic amines is 1. The Morgan fingerprint density at radius 3 is 2.78 bits per heavy atom. The van der Waals surface area contributed by atoms with E-state index in [4.69, 9.17) is 4.74 Å². The number of nitrogens with zero attached hydrogens (tertiary/aromatic N) is 3. The molecule has 0 radical (unpaired) electrons. The molecule has 0 fully saturated rings. The van der Waals surface area contributed by atoms with Crippen LogP contribution in [-0.4, -0.2) is 38.1 Å². The number of aromatic nitrogens is 3. The summed E-state index contributed by atoms with van der Waals surface area (Å²) in [6, 6.07) is 11.6. The molecule has 0 bridgehead atoms. The molecule has 1 aliphatic heterocycles. The van der Waals surface area contributed by atoms with Gasteiger partial charge in [0.05, 0.1) is 31.4 Å². The van der Waals surface area contributed by atoms with Gasteiger partial charge in [-0.2, -0.15) is 0 Å². The van der Waals surface area contributed by atoms with Crippen molar-refractivity contribution in [1.29, 1.82) is 0 Å². The van der Waals surface area contributed by atoms with Gasteiger partial charge in [-0.15, -0.1) is 0 Å². The predicted octanol–water partition coefficient (Wildman–Crippen LogP) is 2.15. The van der Waals surface area contributed by atoms with Gasteiger partial charge in [0.2, 0.25) is 0 Å². The van der Waals surface area contributed by atoms with Crippen LogP contribution in [0.3, 0.4) is 0 Å². The molecule has 1 aliphatic rings. The van der Waals surface area contributed by atoms with Gasteiger partial charge < -0.3 is 9.64 Å². The lowest BCUT2D eigenvalue weighted by Crippen LogP contribution is -2.36. The van der Waals surface area contributed by atoms with E-state index in [1.807, 2.05) is 50.2 Å². The second kappa shape index (κ2) is 7.00. The first-order valence-electron chi connectivity index (χ1n) is 9.14. The van der Waals surface area contributed by atoms with Crippen molar-refractivity contribution in [2.75, 3.05) is 6.61 Å². The Bertz CT molecular complexity index is 1040. The summed E-state index contributed by atoms with van der Waals surface area (Å²) in [7, 11) is 0. The molecular formula is C20H22N4O3. The van der Waals surface area contributed by atoms with Gasteiger partial charge in [0, 0.05) is 11.8 Å². The topological polar surface area (TPSA) is 79.7 Å². The van der Waals surface area contributed by atoms with E-state index >= 15 is 0 Å². The van der Waals surface area contributed by atoms with Crippen LogP contribution in [0.4, 0.5) is 0 Å². The molecule has 7 heteroatoms. The van der Waals surface area contributed by atoms with Gasteiger partial charge in [0.15, 0.2) is 5.65 Å². The summed E-state index contributed by atoms with van der Waals surface area (Å²) in [6.45, 7) is 5.07. The largest absolute Gasteiger partial charge is 0.375 e. The molecule has 3 heterocycles. The van der Waals surface area contributed by atoms with E-state index < -0.39 is 0 Å². The molecule has 0 saturated heterocycles. The molecule has 0 aliphatic carbocycles. The van der Waals surface area contributed by atoms with Crippen LogP contribution in [0, 0.1) is 0 Å². The van der Waals surface area contributed by atoms with Gasteiger partial charge in [-0.3, -0.25) is 14.7 Å². The maximum Gasteiger partial charge on any atom is 0.278 e. The summed E-state index contributed by atoms with van der Waals surface area (Å²) in [5.74, 6) is -0.209. The first kappa shape index (κ1) is 17.5. The Hall–Kier alpha value is -2.93. The number of amides is 1. The van der Waals surface area contributed by atoms with E-state index in [2.05, 4.69) is 10.1 Å². The zero-order valence-corrected chi connectivity index (χ0v) is 15.4. The monoisotopic (exact) mass is 366 g/mol. The molecule has 1 amide bonds. The molecule has 1 atom stereocenters. The third-order valence-electron chi connectivity index (χ3n) is 4.94. The summed E-state index contributed by atoms with van der Waals surface area (Å²) in [5, 5.41) is 3.04. The number of aryl methyl sites for hydroxylation is 1. The van der Waals surface area contributed by atoms with Gasteiger partial charge >= 0.3 is 0 Å². The normalized spacial score (nSPS) is 14.7. The number of benzene rings is 1. The number of hydrogen-bond donors (Lipinski definition) is 1. The number of hydrogen-bond acceptors (Lipinski definition) is 4. The summed E-state index contributed by atoms with van der Waals surface area (Å²) >= 11 is 0. The van der Waals surface area contributed by atoms with Crippen molar-refractivity contribution in [3.05, 3.63) is 69.3 Å². The SMILES string of the molecule is CCc1cc2nc3c(c(=O)n2[nH]1)CN(C(C)COCc1ccccc1)C3=O. The number of rotatable bonds is 6. The molecule has 3 aromatic rings. The molecular weight excluding hydrogens is 344 g/mol. The summed E-state index contributed by atoms with van der Waals surface area (Å²) in [5.41, 5.74) is 2.98. The van der Waals surface area contributed by atoms with E-state index in [1.54, 1.807) is 4.90 Å². The van der Waals surface area contributed by atoms with Crippen LogP contribution in [0.1, 0.15) is 41.2 Å². The summed E-state index contributed by atoms with van der Waals surface area (Å²) in [6.07, 6.45) is 0.767. The smallest absolute Gasteiger partial charge is 0.278 e. The fourth-order valence-corrected chi connectivity index (χ4v) is 3.36. The van der Waals surface area contributed by atoms with Gasteiger partial charge in [-0.1, -0.05) is 37.3 Å². The van der Waals surface area contributed by atoms with E-state index in [0.717, 1.165) is 17.7 Å². The standard InChI is InChI=1S/C20H22N4O3/c1-3-15-9-17-21-18-16(19(25)24(17)22-15)10-23(20(18)26)13(2)11-27-12-14-7-5-4-6-8-14/h4-9,13,22H,3,10-12H2,1-2H3. The van der Waals surface area contributed by atoms with E-state index in [1.165, 1.54) is 4.52 Å². The van der Waals surface area contributed by atoms with Crippen LogP contribution in [0.25, 0.3) is 5.65 Å². The number of fused-ring (bicyclic) bond motifs is 2. The first-order valence-corrected chi connectivity index (χ1v) is 9.14. The van der Waals surface area contributed by atoms with E-state index in [9.17, 15) is 9.59 Å². The second-order valence-electron chi connectivity index (χ2n) is 6.86. The molecule has 4 rings (SSSR count). The number of H-pyrrole nitrogens is 1. The number of nitrogens with one attached hydrogen (secondary N) is 1. The summed E-state index contributed by atoms with van der Waals surface area (Å²) < 4.78 is 7.18. The molecule has 1 N–H and O–H groups in total. The highest BCUT2D eigenvalue weighted by Crippen LogP contribution is 2.21. The Morgan fingerprint density at radius 1 is 1.26 bits per heavy atom. The second-order valence-corrected chi connectivity index (χ2v) is 6.86. The van der Waals surface area contributed by atoms with Gasteiger partial charge in [0.1, 0.15) is 5.69 Å². The van der Waals surface area contributed by atoms with Crippen LogP contribution in [-0.2, 0) is 24.3 Å². The maximum absolute atomic E-state index is 12.8. The lowest BCUT2D eigenvalue weighted by atomic mass is 10.2. The van der Waals surface area contributed by atoms with Crippen LogP contribution in [0.2, 0.25) is 0 Å². The van der Waals surface area contributed by atoms with Crippen molar-refractivity contribution in [3.63, 3.8) is 0 Å². The quantitative estimate of drug-likeness (QED) is 0.725. The highest BCUT2D eigenvalue weighted by molar-refractivity contribution is 5.97. The van der Waals surface area contributed by atoms with Gasteiger partial charge in [-0.05, 0) is 18.9 Å². The average molecular weight is 366 g/mol. The Morgan fingerprint density at radius 2 is 2.04 bits per heavy atom. The highest BCUT2D eigenvalue weighted by Gasteiger charge is 2.35. The maximum atomic E-state index is 12.8. The molecule has 0 saturated carbocycles. The Labute approximate surface area is 156 Å². The van der Waals surface area contributed by atoms with Crippen LogP contribution in [0.5, 0.6) is 0 Å². The van der Waals surface area contributed by atoms with Crippen molar-refractivity contribution in [2.24, 2.45) is 0 Å². The summed E-state index contributed by atoms with van der Waals surface area (Å²) in [4.78, 5) is 31.6. The molecule has 0 spiro atoms.